The molecule has 2 heteroatoms. The number of nitrogens with zero attached hydrogens (tertiary/aromatic N) is 1. The van der Waals surface area contributed by atoms with Crippen molar-refractivity contribution < 1.29 is 0 Å². The summed E-state index contributed by atoms with van der Waals surface area (Å²) in [6, 6.07) is 9.99. The van der Waals surface area contributed by atoms with Gasteiger partial charge in [0.2, 0.25) is 0 Å². The molecule has 0 unspecified atom stereocenters. The highest BCUT2D eigenvalue weighted by Crippen LogP contribution is 2.04. The van der Waals surface area contributed by atoms with E-state index in [4.69, 9.17) is 5.73 Å². The molecule has 1 aliphatic heterocycles. The number of piperidine rings is 1. The Labute approximate surface area is 93.1 Å². The second kappa shape index (κ2) is 7.43. The molecule has 0 aliphatic carbocycles. The number of rotatable bonds is 1. The van der Waals surface area contributed by atoms with Gasteiger partial charge in [0.1, 0.15) is 0 Å². The van der Waals surface area contributed by atoms with Crippen molar-refractivity contribution in [3.05, 3.63) is 35.9 Å². The molecule has 1 fully saturated rings. The molecule has 0 radical (unpaired) electrons. The lowest BCUT2D eigenvalue weighted by atomic mass is 10.1. The molecule has 0 amide bonds. The minimum absolute atomic E-state index is 0.640. The molecule has 1 aromatic rings. The van der Waals surface area contributed by atoms with Gasteiger partial charge < -0.3 is 10.6 Å². The first-order valence-electron chi connectivity index (χ1n) is 5.75. The Hall–Kier alpha value is -0.860. The van der Waals surface area contributed by atoms with E-state index in [1.807, 2.05) is 30.3 Å². The first kappa shape index (κ1) is 12.2. The second-order valence-corrected chi connectivity index (χ2v) is 4.05. The number of benzene rings is 1. The largest absolute Gasteiger partial charge is 0.326 e. The summed E-state index contributed by atoms with van der Waals surface area (Å²) in [6.07, 6.45) is 4.28. The van der Waals surface area contributed by atoms with E-state index in [0.717, 1.165) is 0 Å². The minimum atomic E-state index is 0.640. The molecule has 15 heavy (non-hydrogen) atoms. The fourth-order valence-corrected chi connectivity index (χ4v) is 1.67. The quantitative estimate of drug-likeness (QED) is 0.763. The van der Waals surface area contributed by atoms with Crippen LogP contribution in [0.25, 0.3) is 0 Å². The van der Waals surface area contributed by atoms with Crippen LogP contribution in [0.2, 0.25) is 0 Å². The number of hydrogen-bond donors (Lipinski definition) is 1. The molecule has 0 spiro atoms. The average molecular weight is 206 g/mol. The molecule has 1 aromatic carbocycles. The number of nitrogens with two attached hydrogens (primary N) is 1. The molecule has 2 rings (SSSR count). The van der Waals surface area contributed by atoms with Crippen LogP contribution in [0.3, 0.4) is 0 Å². The van der Waals surface area contributed by atoms with Crippen LogP contribution >= 0.6 is 0 Å². The van der Waals surface area contributed by atoms with E-state index in [2.05, 4.69) is 11.9 Å². The van der Waals surface area contributed by atoms with Crippen molar-refractivity contribution in [2.45, 2.75) is 25.8 Å². The van der Waals surface area contributed by atoms with Crippen molar-refractivity contribution in [1.29, 1.82) is 0 Å². The van der Waals surface area contributed by atoms with Gasteiger partial charge in [0.05, 0.1) is 0 Å². The average Bonchev–Trinajstić information content (AvgIpc) is 2.32. The molecule has 0 aromatic heterocycles. The molecule has 1 aliphatic rings. The smallest absolute Gasteiger partial charge is 0.0178 e. The molecular formula is C13H22N2. The van der Waals surface area contributed by atoms with Gasteiger partial charge in [-0.05, 0) is 38.5 Å². The molecule has 0 saturated carbocycles. The fraction of sp³-hybridized carbons (Fsp3) is 0.538. The molecule has 0 bridgehead atoms. The number of hydrogen-bond acceptors (Lipinski definition) is 2. The van der Waals surface area contributed by atoms with Gasteiger partial charge in [0.15, 0.2) is 0 Å². The molecular weight excluding hydrogens is 184 g/mol. The van der Waals surface area contributed by atoms with Crippen LogP contribution in [0.15, 0.2) is 30.3 Å². The Kier molecular flexibility index (Phi) is 6.05. The Bertz CT molecular complexity index is 240. The van der Waals surface area contributed by atoms with Gasteiger partial charge in [-0.1, -0.05) is 36.8 Å². The Morgan fingerprint density at radius 2 is 1.67 bits per heavy atom. The maximum atomic E-state index is 5.35. The summed E-state index contributed by atoms with van der Waals surface area (Å²) in [5.74, 6) is 0. The highest BCUT2D eigenvalue weighted by atomic mass is 15.1. The summed E-state index contributed by atoms with van der Waals surface area (Å²) in [6.45, 7) is 3.28. The molecule has 1 heterocycles. The molecule has 0 atom stereocenters. The van der Waals surface area contributed by atoms with Gasteiger partial charge in [0.25, 0.3) is 0 Å². The van der Waals surface area contributed by atoms with Crippen molar-refractivity contribution in [2.75, 3.05) is 20.1 Å². The summed E-state index contributed by atoms with van der Waals surface area (Å²) in [5.41, 5.74) is 6.54. The fourth-order valence-electron chi connectivity index (χ4n) is 1.67. The molecule has 84 valence electrons. The first-order chi connectivity index (χ1) is 7.33. The summed E-state index contributed by atoms with van der Waals surface area (Å²) in [5, 5.41) is 0. The summed E-state index contributed by atoms with van der Waals surface area (Å²) < 4.78 is 0. The summed E-state index contributed by atoms with van der Waals surface area (Å²) >= 11 is 0. The summed E-state index contributed by atoms with van der Waals surface area (Å²) in [4.78, 5) is 2.39. The van der Waals surface area contributed by atoms with Crippen molar-refractivity contribution >= 4 is 0 Å². The van der Waals surface area contributed by atoms with E-state index < -0.39 is 0 Å². The predicted molar refractivity (Wildman–Crippen MR) is 65.7 cm³/mol. The van der Waals surface area contributed by atoms with Gasteiger partial charge >= 0.3 is 0 Å². The second-order valence-electron chi connectivity index (χ2n) is 4.05. The number of likely N-dealkylation sites (tertiary alicyclic amines) is 1. The topological polar surface area (TPSA) is 29.3 Å². The highest BCUT2D eigenvalue weighted by Gasteiger charge is 2.02. The lowest BCUT2D eigenvalue weighted by Crippen LogP contribution is -2.24. The van der Waals surface area contributed by atoms with Gasteiger partial charge in [-0.25, -0.2) is 0 Å². The monoisotopic (exact) mass is 206 g/mol. The van der Waals surface area contributed by atoms with Crippen LogP contribution in [0.1, 0.15) is 24.8 Å². The molecule has 2 N–H and O–H groups in total. The highest BCUT2D eigenvalue weighted by molar-refractivity contribution is 5.13. The first-order valence-corrected chi connectivity index (χ1v) is 5.75. The van der Waals surface area contributed by atoms with Gasteiger partial charge in [-0.3, -0.25) is 0 Å². The third kappa shape index (κ3) is 5.55. The van der Waals surface area contributed by atoms with Crippen LogP contribution in [0.5, 0.6) is 0 Å². The maximum absolute atomic E-state index is 5.35. The van der Waals surface area contributed by atoms with E-state index in [1.165, 1.54) is 37.9 Å². The van der Waals surface area contributed by atoms with Gasteiger partial charge in [0, 0.05) is 6.54 Å². The zero-order valence-corrected chi connectivity index (χ0v) is 9.65. The predicted octanol–water partition coefficient (Wildman–Crippen LogP) is 2.25. The SMILES string of the molecule is CN1CCCCC1.NCc1ccccc1. The van der Waals surface area contributed by atoms with Crippen molar-refractivity contribution in [2.24, 2.45) is 5.73 Å². The van der Waals surface area contributed by atoms with E-state index >= 15 is 0 Å². The lowest BCUT2D eigenvalue weighted by molar-refractivity contribution is 0.277. The Balaban J connectivity index is 0.000000151. The van der Waals surface area contributed by atoms with E-state index in [0.29, 0.717) is 6.54 Å². The van der Waals surface area contributed by atoms with Crippen LogP contribution in [0.4, 0.5) is 0 Å². The van der Waals surface area contributed by atoms with E-state index in [1.54, 1.807) is 0 Å². The van der Waals surface area contributed by atoms with Gasteiger partial charge in [-0.15, -0.1) is 0 Å². The van der Waals surface area contributed by atoms with Crippen LogP contribution in [-0.4, -0.2) is 25.0 Å². The van der Waals surface area contributed by atoms with E-state index in [-0.39, 0.29) is 0 Å². The third-order valence-corrected chi connectivity index (χ3v) is 2.66. The molecule has 2 nitrogen and oxygen atoms in total. The normalized spacial score (nSPS) is 16.7. The van der Waals surface area contributed by atoms with E-state index in [9.17, 15) is 0 Å². The van der Waals surface area contributed by atoms with Crippen molar-refractivity contribution in [3.63, 3.8) is 0 Å². The standard InChI is InChI=1S/C7H9N.C6H13N/c8-6-7-4-2-1-3-5-7;1-7-5-3-2-4-6-7/h1-5H,6,8H2;2-6H2,1H3. The van der Waals surface area contributed by atoms with Crippen LogP contribution in [-0.2, 0) is 6.54 Å². The summed E-state index contributed by atoms with van der Waals surface area (Å²) in [7, 11) is 2.19. The van der Waals surface area contributed by atoms with Crippen LogP contribution in [0, 0.1) is 0 Å². The van der Waals surface area contributed by atoms with Crippen molar-refractivity contribution in [1.82, 2.24) is 4.90 Å². The van der Waals surface area contributed by atoms with Crippen LogP contribution < -0.4 is 5.73 Å². The lowest BCUT2D eigenvalue weighted by Gasteiger charge is -2.20. The third-order valence-electron chi connectivity index (χ3n) is 2.66. The maximum Gasteiger partial charge on any atom is 0.0178 e. The Morgan fingerprint density at radius 3 is 2.00 bits per heavy atom. The minimum Gasteiger partial charge on any atom is -0.326 e. The molecule has 1 saturated heterocycles. The van der Waals surface area contributed by atoms with Gasteiger partial charge in [-0.2, -0.15) is 0 Å². The zero-order valence-electron chi connectivity index (χ0n) is 9.65. The van der Waals surface area contributed by atoms with Crippen molar-refractivity contribution in [3.8, 4) is 0 Å². The zero-order chi connectivity index (χ0) is 10.9. The Morgan fingerprint density at radius 1 is 1.07 bits per heavy atom.